The van der Waals surface area contributed by atoms with Crippen molar-refractivity contribution in [2.24, 2.45) is 0 Å². The van der Waals surface area contributed by atoms with Crippen molar-refractivity contribution in [3.8, 4) is 11.3 Å². The molecule has 0 radical (unpaired) electrons. The van der Waals surface area contributed by atoms with Crippen molar-refractivity contribution >= 4 is 29.3 Å². The molecule has 1 aromatic carbocycles. The molecule has 1 aromatic heterocycles. The Labute approximate surface area is 113 Å². The molecule has 2 N–H and O–H groups in total. The standard InChI is InChI=1S/C12H11ClN2O2S/c1-7-11(8-2-4-9(13)5-3-8)15-12(14-7)18-6-10(16)17/h2-5H,6H2,1H3,(H,14,15)(H,16,17). The van der Waals surface area contributed by atoms with E-state index in [-0.39, 0.29) is 5.75 Å². The van der Waals surface area contributed by atoms with Crippen molar-refractivity contribution in [1.29, 1.82) is 0 Å². The third kappa shape index (κ3) is 3.05. The lowest BCUT2D eigenvalue weighted by Crippen LogP contribution is -1.97. The SMILES string of the molecule is Cc1[nH]c(SCC(=O)O)nc1-c1ccc(Cl)cc1. The third-order valence-corrected chi connectivity index (χ3v) is 3.42. The Bertz CT molecular complexity index is 566. The first-order valence-corrected chi connectivity index (χ1v) is 6.60. The minimum absolute atomic E-state index is 0.00693. The Morgan fingerprint density at radius 3 is 2.72 bits per heavy atom. The summed E-state index contributed by atoms with van der Waals surface area (Å²) in [7, 11) is 0. The van der Waals surface area contributed by atoms with Crippen LogP contribution in [-0.4, -0.2) is 26.8 Å². The van der Waals surface area contributed by atoms with Crippen LogP contribution in [0.2, 0.25) is 5.02 Å². The number of nitrogens with zero attached hydrogens (tertiary/aromatic N) is 1. The summed E-state index contributed by atoms with van der Waals surface area (Å²) in [6.07, 6.45) is 0. The molecule has 94 valence electrons. The molecule has 0 fully saturated rings. The van der Waals surface area contributed by atoms with Gasteiger partial charge in [-0.1, -0.05) is 35.5 Å². The van der Waals surface area contributed by atoms with Gasteiger partial charge in [-0.3, -0.25) is 4.79 Å². The van der Waals surface area contributed by atoms with Crippen LogP contribution < -0.4 is 0 Å². The molecular formula is C12H11ClN2O2S. The largest absolute Gasteiger partial charge is 0.481 e. The Kier molecular flexibility index (Phi) is 3.93. The van der Waals surface area contributed by atoms with E-state index in [1.807, 2.05) is 19.1 Å². The monoisotopic (exact) mass is 282 g/mol. The molecule has 18 heavy (non-hydrogen) atoms. The van der Waals surface area contributed by atoms with Gasteiger partial charge in [0.1, 0.15) is 0 Å². The molecule has 0 spiro atoms. The molecule has 0 amide bonds. The predicted octanol–water partition coefficient (Wildman–Crippen LogP) is 3.22. The fraction of sp³-hybridized carbons (Fsp3) is 0.167. The fourth-order valence-electron chi connectivity index (χ4n) is 1.52. The molecule has 0 bridgehead atoms. The number of carbonyl (C=O) groups is 1. The Balaban J connectivity index is 2.23. The minimum Gasteiger partial charge on any atom is -0.481 e. The molecule has 0 aliphatic rings. The molecule has 0 saturated heterocycles. The van der Waals surface area contributed by atoms with Gasteiger partial charge in [-0.15, -0.1) is 0 Å². The van der Waals surface area contributed by atoms with Crippen molar-refractivity contribution in [3.05, 3.63) is 35.0 Å². The van der Waals surface area contributed by atoms with Gasteiger partial charge in [0.2, 0.25) is 0 Å². The highest BCUT2D eigenvalue weighted by molar-refractivity contribution is 7.99. The lowest BCUT2D eigenvalue weighted by molar-refractivity contribution is -0.133. The number of hydrogen-bond acceptors (Lipinski definition) is 3. The van der Waals surface area contributed by atoms with Crippen LogP contribution in [0.5, 0.6) is 0 Å². The second-order valence-electron chi connectivity index (χ2n) is 3.70. The van der Waals surface area contributed by atoms with E-state index >= 15 is 0 Å². The quantitative estimate of drug-likeness (QED) is 0.845. The number of thioether (sulfide) groups is 1. The molecule has 0 aliphatic carbocycles. The Morgan fingerprint density at radius 1 is 1.44 bits per heavy atom. The first kappa shape index (κ1) is 13.0. The normalized spacial score (nSPS) is 10.6. The molecule has 1 heterocycles. The van der Waals surface area contributed by atoms with E-state index in [1.165, 1.54) is 11.8 Å². The van der Waals surface area contributed by atoms with Crippen LogP contribution in [0.25, 0.3) is 11.3 Å². The van der Waals surface area contributed by atoms with E-state index in [0.717, 1.165) is 17.0 Å². The summed E-state index contributed by atoms with van der Waals surface area (Å²) >= 11 is 7.00. The third-order valence-electron chi connectivity index (χ3n) is 2.31. The van der Waals surface area contributed by atoms with Gasteiger partial charge in [-0.05, 0) is 19.1 Å². The summed E-state index contributed by atoms with van der Waals surface area (Å²) in [5, 5.41) is 9.91. The number of benzene rings is 1. The van der Waals surface area contributed by atoms with E-state index in [0.29, 0.717) is 10.2 Å². The topological polar surface area (TPSA) is 66.0 Å². The summed E-state index contributed by atoms with van der Waals surface area (Å²) < 4.78 is 0. The predicted molar refractivity (Wildman–Crippen MR) is 72.1 cm³/mol. The molecule has 0 saturated carbocycles. The van der Waals surface area contributed by atoms with Gasteiger partial charge >= 0.3 is 5.97 Å². The fourth-order valence-corrected chi connectivity index (χ4v) is 2.29. The lowest BCUT2D eigenvalue weighted by atomic mass is 10.1. The van der Waals surface area contributed by atoms with Crippen molar-refractivity contribution in [1.82, 2.24) is 9.97 Å². The van der Waals surface area contributed by atoms with Gasteiger partial charge in [-0.25, -0.2) is 4.98 Å². The van der Waals surface area contributed by atoms with Gasteiger partial charge < -0.3 is 10.1 Å². The number of nitrogens with one attached hydrogen (secondary N) is 1. The molecule has 2 rings (SSSR count). The maximum Gasteiger partial charge on any atom is 0.313 e. The van der Waals surface area contributed by atoms with Crippen molar-refractivity contribution in [3.63, 3.8) is 0 Å². The summed E-state index contributed by atoms with van der Waals surface area (Å²) in [5.74, 6) is -0.866. The zero-order chi connectivity index (χ0) is 13.1. The lowest BCUT2D eigenvalue weighted by Gasteiger charge is -1.98. The van der Waals surface area contributed by atoms with Crippen LogP contribution in [0.1, 0.15) is 5.69 Å². The van der Waals surface area contributed by atoms with Crippen molar-refractivity contribution in [2.75, 3.05) is 5.75 Å². The number of aromatic amines is 1. The minimum atomic E-state index is -0.859. The Hall–Kier alpha value is -1.46. The van der Waals surface area contributed by atoms with Crippen molar-refractivity contribution < 1.29 is 9.90 Å². The highest BCUT2D eigenvalue weighted by Gasteiger charge is 2.10. The smallest absolute Gasteiger partial charge is 0.313 e. The maximum absolute atomic E-state index is 10.5. The van der Waals surface area contributed by atoms with Gasteiger partial charge in [0.25, 0.3) is 0 Å². The molecule has 2 aromatic rings. The van der Waals surface area contributed by atoms with Gasteiger partial charge in [-0.2, -0.15) is 0 Å². The van der Waals surface area contributed by atoms with E-state index in [1.54, 1.807) is 12.1 Å². The second kappa shape index (κ2) is 5.46. The molecule has 0 aliphatic heterocycles. The summed E-state index contributed by atoms with van der Waals surface area (Å²) in [6, 6.07) is 7.37. The van der Waals surface area contributed by atoms with Gasteiger partial charge in [0.05, 0.1) is 11.4 Å². The highest BCUT2D eigenvalue weighted by Crippen LogP contribution is 2.26. The number of aromatic nitrogens is 2. The van der Waals surface area contributed by atoms with Crippen molar-refractivity contribution in [2.45, 2.75) is 12.1 Å². The highest BCUT2D eigenvalue weighted by atomic mass is 35.5. The second-order valence-corrected chi connectivity index (χ2v) is 5.11. The summed E-state index contributed by atoms with van der Waals surface area (Å²) in [6.45, 7) is 1.90. The molecule has 0 atom stereocenters. The van der Waals surface area contributed by atoms with Crippen LogP contribution in [-0.2, 0) is 4.79 Å². The average Bonchev–Trinajstić information content (AvgIpc) is 2.69. The molecular weight excluding hydrogens is 272 g/mol. The van der Waals surface area contributed by atoms with Crippen LogP contribution in [0.15, 0.2) is 29.4 Å². The number of H-pyrrole nitrogens is 1. The van der Waals surface area contributed by atoms with E-state index < -0.39 is 5.97 Å². The maximum atomic E-state index is 10.5. The number of carboxylic acids is 1. The van der Waals surface area contributed by atoms with E-state index in [2.05, 4.69) is 9.97 Å². The van der Waals surface area contributed by atoms with E-state index in [4.69, 9.17) is 16.7 Å². The van der Waals surface area contributed by atoms with E-state index in [9.17, 15) is 4.79 Å². The number of rotatable bonds is 4. The molecule has 4 nitrogen and oxygen atoms in total. The molecule has 6 heteroatoms. The molecule has 0 unspecified atom stereocenters. The number of halogens is 1. The van der Waals surface area contributed by atoms with Gasteiger partial charge in [0.15, 0.2) is 5.16 Å². The van der Waals surface area contributed by atoms with Crippen LogP contribution >= 0.6 is 23.4 Å². The number of imidazole rings is 1. The van der Waals surface area contributed by atoms with Gasteiger partial charge in [0, 0.05) is 16.3 Å². The number of aryl methyl sites for hydroxylation is 1. The number of carboxylic acid groups (broad SMARTS) is 1. The zero-order valence-corrected chi connectivity index (χ0v) is 11.2. The Morgan fingerprint density at radius 2 is 2.11 bits per heavy atom. The van der Waals surface area contributed by atoms with Crippen LogP contribution in [0.4, 0.5) is 0 Å². The average molecular weight is 283 g/mol. The summed E-state index contributed by atoms with van der Waals surface area (Å²) in [4.78, 5) is 17.9. The number of aliphatic carboxylic acids is 1. The van der Waals surface area contributed by atoms with Crippen LogP contribution in [0, 0.1) is 6.92 Å². The zero-order valence-electron chi connectivity index (χ0n) is 9.61. The first-order chi connectivity index (χ1) is 8.56. The summed E-state index contributed by atoms with van der Waals surface area (Å²) in [5.41, 5.74) is 2.68. The van der Waals surface area contributed by atoms with Crippen LogP contribution in [0.3, 0.4) is 0 Å². The number of hydrogen-bond donors (Lipinski definition) is 2. The first-order valence-electron chi connectivity index (χ1n) is 5.23.